The van der Waals surface area contributed by atoms with Gasteiger partial charge in [0.2, 0.25) is 5.91 Å². The Labute approximate surface area is 170 Å². The van der Waals surface area contributed by atoms with Gasteiger partial charge in [-0.25, -0.2) is 8.42 Å². The average molecular weight is 420 g/mol. The van der Waals surface area contributed by atoms with Gasteiger partial charge in [-0.05, 0) is 36.8 Å². The molecule has 2 aromatic rings. The molecule has 2 N–H and O–H groups in total. The van der Waals surface area contributed by atoms with Crippen molar-refractivity contribution in [3.8, 4) is 11.5 Å². The summed E-state index contributed by atoms with van der Waals surface area (Å²) in [7, 11) is -0.419. The van der Waals surface area contributed by atoms with E-state index >= 15 is 0 Å². The van der Waals surface area contributed by atoms with Gasteiger partial charge in [-0.3, -0.25) is 9.59 Å². The second-order valence-corrected chi connectivity index (χ2v) is 8.20. The predicted molar refractivity (Wildman–Crippen MR) is 108 cm³/mol. The van der Waals surface area contributed by atoms with E-state index in [1.807, 2.05) is 0 Å². The number of hydrogen-bond acceptors (Lipinski definition) is 6. The van der Waals surface area contributed by atoms with Gasteiger partial charge in [0.25, 0.3) is 5.91 Å². The van der Waals surface area contributed by atoms with E-state index in [1.165, 1.54) is 32.4 Å². The average Bonchev–Trinajstić information content (AvgIpc) is 2.75. The molecule has 0 spiro atoms. The Morgan fingerprint density at radius 2 is 1.62 bits per heavy atom. The zero-order valence-corrected chi connectivity index (χ0v) is 17.1. The molecule has 29 heavy (non-hydrogen) atoms. The second kappa shape index (κ2) is 10.5. The van der Waals surface area contributed by atoms with Gasteiger partial charge in [0, 0.05) is 12.1 Å². The van der Waals surface area contributed by atoms with E-state index in [-0.39, 0.29) is 30.2 Å². The maximum atomic E-state index is 12.2. The molecule has 0 aliphatic heterocycles. The maximum absolute atomic E-state index is 12.2. The van der Waals surface area contributed by atoms with E-state index in [0.29, 0.717) is 17.1 Å². The lowest BCUT2D eigenvalue weighted by atomic mass is 10.2. The molecule has 0 heterocycles. The van der Waals surface area contributed by atoms with Gasteiger partial charge in [-0.2, -0.15) is 0 Å². The quantitative estimate of drug-likeness (QED) is 0.563. The highest BCUT2D eigenvalue weighted by molar-refractivity contribution is 7.91. The summed E-state index contributed by atoms with van der Waals surface area (Å²) < 4.78 is 34.6. The molecule has 0 unspecified atom stereocenters. The number of carbonyl (C=O) groups is 2. The molecule has 0 saturated heterocycles. The summed E-state index contributed by atoms with van der Waals surface area (Å²) in [4.78, 5) is 24.3. The maximum Gasteiger partial charge on any atom is 0.251 e. The van der Waals surface area contributed by atoms with Crippen molar-refractivity contribution in [1.29, 1.82) is 0 Å². The van der Waals surface area contributed by atoms with Crippen LogP contribution < -0.4 is 20.1 Å². The Morgan fingerprint density at radius 1 is 0.931 bits per heavy atom. The summed E-state index contributed by atoms with van der Waals surface area (Å²) in [5.41, 5.74) is 0.324. The first-order valence-corrected chi connectivity index (χ1v) is 10.6. The molecule has 0 aliphatic carbocycles. The predicted octanol–water partition coefficient (Wildman–Crippen LogP) is 1.41. The third-order valence-corrected chi connectivity index (χ3v) is 5.89. The standard InChI is InChI=1S/C20H24N2O6S/c1-27-17-10-9-15(13-18(17)28-2)20(24)22-14-19(23)21-11-6-12-29(25,26)16-7-4-3-5-8-16/h3-5,7-10,13H,6,11-12,14H2,1-2H3,(H,21,23)(H,22,24). The highest BCUT2D eigenvalue weighted by atomic mass is 32.2. The van der Waals surface area contributed by atoms with Crippen LogP contribution in [0.3, 0.4) is 0 Å². The fraction of sp³-hybridized carbons (Fsp3) is 0.300. The zero-order valence-electron chi connectivity index (χ0n) is 16.3. The molecule has 0 bridgehead atoms. The molecule has 2 amide bonds. The molecular weight excluding hydrogens is 396 g/mol. The lowest BCUT2D eigenvalue weighted by molar-refractivity contribution is -0.120. The Balaban J connectivity index is 1.75. The first kappa shape index (κ1) is 22.2. The molecule has 2 aromatic carbocycles. The van der Waals surface area contributed by atoms with Crippen molar-refractivity contribution in [3.63, 3.8) is 0 Å². The van der Waals surface area contributed by atoms with Crippen LogP contribution in [0.25, 0.3) is 0 Å². The van der Waals surface area contributed by atoms with E-state index in [1.54, 1.807) is 30.3 Å². The molecule has 0 aliphatic rings. The van der Waals surface area contributed by atoms with E-state index in [2.05, 4.69) is 10.6 Å². The van der Waals surface area contributed by atoms with Gasteiger partial charge in [-0.15, -0.1) is 0 Å². The molecular formula is C20H24N2O6S. The third-order valence-electron chi connectivity index (χ3n) is 4.07. The fourth-order valence-electron chi connectivity index (χ4n) is 2.54. The van der Waals surface area contributed by atoms with Crippen LogP contribution in [0.4, 0.5) is 0 Å². The van der Waals surface area contributed by atoms with Crippen LogP contribution in [0.1, 0.15) is 16.8 Å². The number of carbonyl (C=O) groups excluding carboxylic acids is 2. The minimum absolute atomic E-state index is 0.0741. The van der Waals surface area contributed by atoms with Crippen LogP contribution in [0.5, 0.6) is 11.5 Å². The molecule has 156 valence electrons. The SMILES string of the molecule is COc1ccc(C(=O)NCC(=O)NCCCS(=O)(=O)c2ccccc2)cc1OC. The van der Waals surface area contributed by atoms with Gasteiger partial charge in [0.05, 0.1) is 31.4 Å². The van der Waals surface area contributed by atoms with E-state index in [0.717, 1.165) is 0 Å². The Morgan fingerprint density at radius 3 is 2.28 bits per heavy atom. The summed E-state index contributed by atoms with van der Waals surface area (Å²) in [6.07, 6.45) is 0.270. The lowest BCUT2D eigenvalue weighted by Gasteiger charge is -2.10. The van der Waals surface area contributed by atoms with Crippen LogP contribution in [0.15, 0.2) is 53.4 Å². The van der Waals surface area contributed by atoms with Crippen molar-refractivity contribution < 1.29 is 27.5 Å². The lowest BCUT2D eigenvalue weighted by Crippen LogP contribution is -2.37. The molecule has 2 rings (SSSR count). The van der Waals surface area contributed by atoms with E-state index in [9.17, 15) is 18.0 Å². The zero-order chi connectivity index (χ0) is 21.3. The molecule has 8 nitrogen and oxygen atoms in total. The van der Waals surface area contributed by atoms with Crippen LogP contribution in [-0.4, -0.2) is 53.3 Å². The number of sulfone groups is 1. The summed E-state index contributed by atoms with van der Waals surface area (Å²) in [5.74, 6) is -0.0184. The second-order valence-electron chi connectivity index (χ2n) is 6.09. The number of methoxy groups -OCH3 is 2. The summed E-state index contributed by atoms with van der Waals surface area (Å²) >= 11 is 0. The van der Waals surface area contributed by atoms with Gasteiger partial charge < -0.3 is 20.1 Å². The normalized spacial score (nSPS) is 10.8. The monoisotopic (exact) mass is 420 g/mol. The summed E-state index contributed by atoms with van der Waals surface area (Å²) in [6.45, 7) is -0.0320. The smallest absolute Gasteiger partial charge is 0.251 e. The summed E-state index contributed by atoms with van der Waals surface area (Å²) in [6, 6.07) is 12.8. The molecule has 9 heteroatoms. The topological polar surface area (TPSA) is 111 Å². The first-order valence-electron chi connectivity index (χ1n) is 8.92. The Kier molecular flexibility index (Phi) is 8.02. The van der Waals surface area contributed by atoms with Gasteiger partial charge in [0.15, 0.2) is 21.3 Å². The molecule has 0 radical (unpaired) electrons. The van der Waals surface area contributed by atoms with Crippen LogP contribution in [0.2, 0.25) is 0 Å². The van der Waals surface area contributed by atoms with Crippen molar-refractivity contribution >= 4 is 21.7 Å². The minimum atomic E-state index is -3.38. The Bertz CT molecular complexity index is 945. The fourth-order valence-corrected chi connectivity index (χ4v) is 3.87. The number of nitrogens with one attached hydrogen (secondary N) is 2. The molecule has 0 fully saturated rings. The van der Waals surface area contributed by atoms with Crippen LogP contribution in [0, 0.1) is 0 Å². The van der Waals surface area contributed by atoms with Crippen LogP contribution in [-0.2, 0) is 14.6 Å². The minimum Gasteiger partial charge on any atom is -0.493 e. The van der Waals surface area contributed by atoms with Crippen molar-refractivity contribution in [1.82, 2.24) is 10.6 Å². The Hall–Kier alpha value is -3.07. The van der Waals surface area contributed by atoms with Crippen LogP contribution >= 0.6 is 0 Å². The van der Waals surface area contributed by atoms with Crippen molar-refractivity contribution in [2.24, 2.45) is 0 Å². The molecule has 0 aromatic heterocycles. The van der Waals surface area contributed by atoms with Crippen molar-refractivity contribution in [2.45, 2.75) is 11.3 Å². The highest BCUT2D eigenvalue weighted by Gasteiger charge is 2.14. The van der Waals surface area contributed by atoms with Gasteiger partial charge in [0.1, 0.15) is 0 Å². The largest absolute Gasteiger partial charge is 0.493 e. The molecule has 0 saturated carbocycles. The van der Waals surface area contributed by atoms with Crippen molar-refractivity contribution in [2.75, 3.05) is 33.1 Å². The van der Waals surface area contributed by atoms with E-state index in [4.69, 9.17) is 9.47 Å². The number of amides is 2. The van der Waals surface area contributed by atoms with Gasteiger partial charge >= 0.3 is 0 Å². The number of benzene rings is 2. The van der Waals surface area contributed by atoms with Crippen molar-refractivity contribution in [3.05, 3.63) is 54.1 Å². The van der Waals surface area contributed by atoms with E-state index < -0.39 is 21.7 Å². The summed E-state index contributed by atoms with van der Waals surface area (Å²) in [5, 5.41) is 5.10. The molecule has 0 atom stereocenters. The van der Waals surface area contributed by atoms with Gasteiger partial charge in [-0.1, -0.05) is 18.2 Å². The third kappa shape index (κ3) is 6.49. The number of rotatable bonds is 10. The number of hydrogen-bond donors (Lipinski definition) is 2. The highest BCUT2D eigenvalue weighted by Crippen LogP contribution is 2.27. The number of ether oxygens (including phenoxy) is 2. The first-order chi connectivity index (χ1) is 13.9.